The molecule has 0 heterocycles. The summed E-state index contributed by atoms with van der Waals surface area (Å²) in [7, 11) is 2.73. The van der Waals surface area contributed by atoms with Gasteiger partial charge in [0, 0.05) is 0 Å². The third-order valence-corrected chi connectivity index (χ3v) is 3.90. The Labute approximate surface area is 139 Å². The van der Waals surface area contributed by atoms with Gasteiger partial charge in [-0.15, -0.1) is 0 Å². The molecule has 0 fully saturated rings. The summed E-state index contributed by atoms with van der Waals surface area (Å²) in [6.07, 6.45) is 0. The Bertz CT molecular complexity index is 911. The summed E-state index contributed by atoms with van der Waals surface area (Å²) >= 11 is 0. The zero-order valence-electron chi connectivity index (χ0n) is 13.4. The van der Waals surface area contributed by atoms with Crippen LogP contribution in [0.3, 0.4) is 0 Å². The molecule has 0 unspecified atom stereocenters. The minimum atomic E-state index is -0.351. The Morgan fingerprint density at radius 1 is 0.625 bits per heavy atom. The summed E-state index contributed by atoms with van der Waals surface area (Å²) in [5, 5.41) is 1.99. The number of esters is 2. The second-order valence-corrected chi connectivity index (χ2v) is 5.34. The first-order valence-corrected chi connectivity index (χ1v) is 7.43. The van der Waals surface area contributed by atoms with Crippen molar-refractivity contribution in [3.63, 3.8) is 0 Å². The number of hydrogen-bond acceptors (Lipinski definition) is 4. The van der Waals surface area contributed by atoms with Crippen LogP contribution in [0.15, 0.2) is 60.7 Å². The molecule has 3 rings (SSSR count). The van der Waals surface area contributed by atoms with Gasteiger partial charge in [-0.1, -0.05) is 30.3 Å². The van der Waals surface area contributed by atoms with E-state index in [1.54, 1.807) is 18.2 Å². The predicted molar refractivity (Wildman–Crippen MR) is 92.1 cm³/mol. The second-order valence-electron chi connectivity index (χ2n) is 5.34. The average Bonchev–Trinajstić information content (AvgIpc) is 2.66. The molecule has 0 aliphatic rings. The third-order valence-electron chi connectivity index (χ3n) is 3.90. The van der Waals surface area contributed by atoms with Gasteiger partial charge < -0.3 is 9.47 Å². The number of benzene rings is 3. The van der Waals surface area contributed by atoms with Crippen LogP contribution in [-0.4, -0.2) is 26.2 Å². The first-order valence-electron chi connectivity index (χ1n) is 7.43. The van der Waals surface area contributed by atoms with E-state index in [4.69, 9.17) is 9.47 Å². The fourth-order valence-corrected chi connectivity index (χ4v) is 2.59. The highest BCUT2D eigenvalue weighted by atomic mass is 16.5. The van der Waals surface area contributed by atoms with Crippen LogP contribution in [0.4, 0.5) is 0 Å². The van der Waals surface area contributed by atoms with E-state index >= 15 is 0 Å². The van der Waals surface area contributed by atoms with Crippen LogP contribution in [0, 0.1) is 0 Å². The quantitative estimate of drug-likeness (QED) is 0.682. The number of hydrogen-bond donors (Lipinski definition) is 0. The van der Waals surface area contributed by atoms with Gasteiger partial charge in [-0.25, -0.2) is 9.59 Å². The summed E-state index contributed by atoms with van der Waals surface area (Å²) < 4.78 is 9.44. The molecule has 0 saturated carbocycles. The van der Waals surface area contributed by atoms with Crippen LogP contribution >= 0.6 is 0 Å². The lowest BCUT2D eigenvalue weighted by Crippen LogP contribution is -2.00. The van der Waals surface area contributed by atoms with E-state index < -0.39 is 0 Å². The summed E-state index contributed by atoms with van der Waals surface area (Å²) in [6, 6.07) is 18.7. The minimum Gasteiger partial charge on any atom is -0.465 e. The molecule has 24 heavy (non-hydrogen) atoms. The van der Waals surface area contributed by atoms with Crippen molar-refractivity contribution in [3.8, 4) is 11.1 Å². The number of rotatable bonds is 3. The van der Waals surface area contributed by atoms with Crippen LogP contribution < -0.4 is 0 Å². The number of methoxy groups -OCH3 is 2. The molecule has 0 atom stereocenters. The maximum absolute atomic E-state index is 11.6. The van der Waals surface area contributed by atoms with E-state index in [2.05, 4.69) is 0 Å². The maximum Gasteiger partial charge on any atom is 0.337 e. The maximum atomic E-state index is 11.6. The van der Waals surface area contributed by atoms with Crippen molar-refractivity contribution in [2.75, 3.05) is 14.2 Å². The normalized spacial score (nSPS) is 10.4. The van der Waals surface area contributed by atoms with Gasteiger partial charge in [-0.2, -0.15) is 0 Å². The largest absolute Gasteiger partial charge is 0.465 e. The molecule has 0 aliphatic heterocycles. The van der Waals surface area contributed by atoms with Crippen molar-refractivity contribution in [1.82, 2.24) is 0 Å². The molecule has 4 nitrogen and oxygen atoms in total. The summed E-state index contributed by atoms with van der Waals surface area (Å²) in [6.45, 7) is 0. The lowest BCUT2D eigenvalue weighted by molar-refractivity contribution is 0.0592. The first kappa shape index (κ1) is 15.7. The highest BCUT2D eigenvalue weighted by Gasteiger charge is 2.08. The van der Waals surface area contributed by atoms with Crippen molar-refractivity contribution in [3.05, 3.63) is 71.8 Å². The summed E-state index contributed by atoms with van der Waals surface area (Å²) in [4.78, 5) is 23.1. The van der Waals surface area contributed by atoms with E-state index in [1.807, 2.05) is 42.5 Å². The number of fused-ring (bicyclic) bond motifs is 1. The highest BCUT2D eigenvalue weighted by molar-refractivity contribution is 5.96. The zero-order valence-corrected chi connectivity index (χ0v) is 13.4. The Morgan fingerprint density at radius 3 is 1.79 bits per heavy atom. The monoisotopic (exact) mass is 320 g/mol. The molecule has 0 amide bonds. The second kappa shape index (κ2) is 6.54. The number of carbonyl (C=O) groups is 2. The van der Waals surface area contributed by atoms with Gasteiger partial charge in [0.05, 0.1) is 25.3 Å². The topological polar surface area (TPSA) is 52.6 Å². The molecule has 3 aromatic rings. The van der Waals surface area contributed by atoms with Gasteiger partial charge in [0.1, 0.15) is 0 Å². The smallest absolute Gasteiger partial charge is 0.337 e. The molecule has 3 aromatic carbocycles. The van der Waals surface area contributed by atoms with Gasteiger partial charge in [0.15, 0.2) is 0 Å². The highest BCUT2D eigenvalue weighted by Crippen LogP contribution is 2.26. The molecule has 0 saturated heterocycles. The third kappa shape index (κ3) is 2.99. The molecule has 0 N–H and O–H groups in total. The van der Waals surface area contributed by atoms with Crippen LogP contribution in [0.1, 0.15) is 20.7 Å². The van der Waals surface area contributed by atoms with Crippen molar-refractivity contribution in [2.24, 2.45) is 0 Å². The van der Waals surface area contributed by atoms with Crippen molar-refractivity contribution in [1.29, 1.82) is 0 Å². The van der Waals surface area contributed by atoms with Gasteiger partial charge in [-0.3, -0.25) is 0 Å². The van der Waals surface area contributed by atoms with E-state index in [9.17, 15) is 9.59 Å². The Kier molecular flexibility index (Phi) is 4.29. The van der Waals surface area contributed by atoms with Crippen molar-refractivity contribution in [2.45, 2.75) is 0 Å². The standard InChI is InChI=1S/C20H16O4/c1-23-19(21)14-5-3-13(4-6-14)15-7-8-17-12-18(20(22)24-2)10-9-16(17)11-15/h3-12H,1-2H3. The minimum absolute atomic E-state index is 0.348. The van der Waals surface area contributed by atoms with Gasteiger partial charge in [0.25, 0.3) is 0 Å². The summed E-state index contributed by atoms with van der Waals surface area (Å²) in [5.41, 5.74) is 3.08. The van der Waals surface area contributed by atoms with Gasteiger partial charge in [-0.05, 0) is 52.2 Å². The zero-order chi connectivity index (χ0) is 17.1. The van der Waals surface area contributed by atoms with Gasteiger partial charge >= 0.3 is 11.9 Å². The van der Waals surface area contributed by atoms with E-state index in [-0.39, 0.29) is 11.9 Å². The Morgan fingerprint density at radius 2 is 1.12 bits per heavy atom. The van der Waals surface area contributed by atoms with Crippen LogP contribution in [0.2, 0.25) is 0 Å². The van der Waals surface area contributed by atoms with Crippen LogP contribution in [-0.2, 0) is 9.47 Å². The molecule has 0 aromatic heterocycles. The molecule has 4 heteroatoms. The first-order chi connectivity index (χ1) is 11.6. The summed E-state index contributed by atoms with van der Waals surface area (Å²) in [5.74, 6) is -0.699. The SMILES string of the molecule is COC(=O)c1ccc(-c2ccc3cc(C(=O)OC)ccc3c2)cc1. The molecule has 0 bridgehead atoms. The van der Waals surface area contributed by atoms with Crippen LogP contribution in [0.5, 0.6) is 0 Å². The molecule has 120 valence electrons. The van der Waals surface area contributed by atoms with Crippen molar-refractivity contribution >= 4 is 22.7 Å². The average molecular weight is 320 g/mol. The Balaban J connectivity index is 1.96. The number of ether oxygens (including phenoxy) is 2. The number of carbonyl (C=O) groups excluding carboxylic acids is 2. The molecular formula is C20H16O4. The molecule has 0 aliphatic carbocycles. The van der Waals surface area contributed by atoms with Crippen molar-refractivity contribution < 1.29 is 19.1 Å². The van der Waals surface area contributed by atoms with Crippen LogP contribution in [0.25, 0.3) is 21.9 Å². The van der Waals surface area contributed by atoms with Gasteiger partial charge in [0.2, 0.25) is 0 Å². The molecule has 0 spiro atoms. The fourth-order valence-electron chi connectivity index (χ4n) is 2.59. The lowest BCUT2D eigenvalue weighted by Gasteiger charge is -2.07. The molecular weight excluding hydrogens is 304 g/mol. The fraction of sp³-hybridized carbons (Fsp3) is 0.100. The van der Waals surface area contributed by atoms with E-state index in [0.29, 0.717) is 11.1 Å². The lowest BCUT2D eigenvalue weighted by atomic mass is 9.99. The molecule has 0 radical (unpaired) electrons. The van der Waals surface area contributed by atoms with E-state index in [1.165, 1.54) is 14.2 Å². The van der Waals surface area contributed by atoms with E-state index in [0.717, 1.165) is 21.9 Å². The Hall–Kier alpha value is -3.14. The predicted octanol–water partition coefficient (Wildman–Crippen LogP) is 4.08.